The number of aryl methyl sites for hydroxylation is 1. The number of hydrazone groups is 1. The van der Waals surface area contributed by atoms with Gasteiger partial charge in [-0.15, -0.1) is 0 Å². The van der Waals surface area contributed by atoms with Crippen molar-refractivity contribution in [3.05, 3.63) is 74.9 Å². The average molecular weight is 674 g/mol. The number of methoxy groups -OCH3 is 3. The van der Waals surface area contributed by atoms with E-state index in [4.69, 9.17) is 18.9 Å². The SMILES string of the molecule is COc1ccc(CCNC(=O)C(=O)N/N=C\c2cc(I)c(OCC(=O)Nc3cccc(C)c3)c(OC)c2)cc1OC. The van der Waals surface area contributed by atoms with Crippen molar-refractivity contribution < 1.29 is 33.3 Å². The number of carbonyl (C=O) groups excluding carboxylic acids is 3. The molecule has 3 aromatic carbocycles. The lowest BCUT2D eigenvalue weighted by atomic mass is 10.1. The van der Waals surface area contributed by atoms with Gasteiger partial charge in [0.15, 0.2) is 29.6 Å². The summed E-state index contributed by atoms with van der Waals surface area (Å²) in [7, 11) is 4.57. The van der Waals surface area contributed by atoms with Crippen LogP contribution in [0.5, 0.6) is 23.0 Å². The number of amides is 3. The number of benzene rings is 3. The van der Waals surface area contributed by atoms with Gasteiger partial charge in [-0.2, -0.15) is 5.10 Å². The summed E-state index contributed by atoms with van der Waals surface area (Å²) in [6.45, 7) is 1.96. The second-order valence-electron chi connectivity index (χ2n) is 8.63. The van der Waals surface area contributed by atoms with Gasteiger partial charge >= 0.3 is 11.8 Å². The van der Waals surface area contributed by atoms with E-state index in [0.717, 1.165) is 11.1 Å². The summed E-state index contributed by atoms with van der Waals surface area (Å²) in [5.41, 5.74) is 5.40. The first kappa shape index (κ1) is 31.2. The Kier molecular flexibility index (Phi) is 11.8. The Balaban J connectivity index is 1.50. The molecule has 12 heteroatoms. The first-order valence-corrected chi connectivity index (χ1v) is 13.5. The number of nitrogens with zero attached hydrogens (tertiary/aromatic N) is 1. The molecule has 3 rings (SSSR count). The molecule has 0 saturated heterocycles. The fourth-order valence-corrected chi connectivity index (χ4v) is 4.45. The molecule has 3 amide bonds. The second kappa shape index (κ2) is 15.5. The molecule has 0 heterocycles. The van der Waals surface area contributed by atoms with Crippen molar-refractivity contribution in [2.75, 3.05) is 39.8 Å². The standard InChI is InChI=1S/C29H31IN4O7/c1-18-6-5-7-21(12-18)33-26(35)17-41-27-22(30)13-20(15-25(27)40-4)16-32-34-29(37)28(36)31-11-10-19-8-9-23(38-2)24(14-19)39-3/h5-9,12-16H,10-11,17H2,1-4H3,(H,31,36)(H,33,35)(H,34,37)/b32-16-. The minimum atomic E-state index is -0.908. The molecule has 0 radical (unpaired) electrons. The molecule has 0 spiro atoms. The minimum absolute atomic E-state index is 0.217. The third-order valence-electron chi connectivity index (χ3n) is 5.63. The van der Waals surface area contributed by atoms with Crippen molar-refractivity contribution in [1.82, 2.24) is 10.7 Å². The number of nitrogens with one attached hydrogen (secondary N) is 3. The van der Waals surface area contributed by atoms with Crippen molar-refractivity contribution in [3.63, 3.8) is 0 Å². The molecule has 0 bridgehead atoms. The molecule has 0 aromatic heterocycles. The average Bonchev–Trinajstić information content (AvgIpc) is 2.96. The molecule has 0 aliphatic heterocycles. The summed E-state index contributed by atoms with van der Waals surface area (Å²) in [5.74, 6) is -0.0873. The predicted octanol–water partition coefficient (Wildman–Crippen LogP) is 3.45. The van der Waals surface area contributed by atoms with E-state index in [9.17, 15) is 14.4 Å². The van der Waals surface area contributed by atoms with Gasteiger partial charge in [0, 0.05) is 12.2 Å². The van der Waals surface area contributed by atoms with E-state index < -0.39 is 11.8 Å². The first-order valence-electron chi connectivity index (χ1n) is 12.4. The lowest BCUT2D eigenvalue weighted by Gasteiger charge is -2.13. The largest absolute Gasteiger partial charge is 0.493 e. The molecule has 0 saturated carbocycles. The molecule has 0 aliphatic carbocycles. The molecular formula is C29H31IN4O7. The van der Waals surface area contributed by atoms with Crippen molar-refractivity contribution in [1.29, 1.82) is 0 Å². The maximum Gasteiger partial charge on any atom is 0.329 e. The lowest BCUT2D eigenvalue weighted by molar-refractivity contribution is -0.139. The molecule has 0 atom stereocenters. The van der Waals surface area contributed by atoms with Crippen molar-refractivity contribution >= 4 is 52.2 Å². The Bertz CT molecular complexity index is 1430. The lowest BCUT2D eigenvalue weighted by Crippen LogP contribution is -2.38. The summed E-state index contributed by atoms with van der Waals surface area (Å²) in [6, 6.07) is 16.2. The first-order chi connectivity index (χ1) is 19.7. The maximum absolute atomic E-state index is 12.3. The fourth-order valence-electron chi connectivity index (χ4n) is 3.66. The number of halogens is 1. The zero-order valence-corrected chi connectivity index (χ0v) is 25.2. The van der Waals surface area contributed by atoms with Crippen LogP contribution < -0.4 is 35.0 Å². The van der Waals surface area contributed by atoms with Crippen molar-refractivity contribution in [2.45, 2.75) is 13.3 Å². The molecule has 216 valence electrons. The van der Waals surface area contributed by atoms with Gasteiger partial charge in [0.1, 0.15) is 0 Å². The number of anilines is 1. The molecule has 41 heavy (non-hydrogen) atoms. The van der Waals surface area contributed by atoms with Crippen LogP contribution in [-0.2, 0) is 20.8 Å². The molecule has 3 aromatic rings. The fraction of sp³-hybridized carbons (Fsp3) is 0.241. The summed E-state index contributed by atoms with van der Waals surface area (Å²) in [5, 5.41) is 9.21. The quantitative estimate of drug-likeness (QED) is 0.116. The Morgan fingerprint density at radius 3 is 2.37 bits per heavy atom. The normalized spacial score (nSPS) is 10.6. The monoisotopic (exact) mass is 674 g/mol. The number of ether oxygens (including phenoxy) is 4. The highest BCUT2D eigenvalue weighted by Gasteiger charge is 2.15. The van der Waals surface area contributed by atoms with Crippen LogP contribution in [0, 0.1) is 10.5 Å². The third kappa shape index (κ3) is 9.38. The van der Waals surface area contributed by atoms with Gasteiger partial charge in [-0.25, -0.2) is 5.43 Å². The van der Waals surface area contributed by atoms with Crippen LogP contribution in [0.2, 0.25) is 0 Å². The van der Waals surface area contributed by atoms with Crippen LogP contribution in [0.1, 0.15) is 16.7 Å². The number of hydrogen-bond donors (Lipinski definition) is 3. The van der Waals surface area contributed by atoms with Crippen LogP contribution in [0.4, 0.5) is 5.69 Å². The van der Waals surface area contributed by atoms with Gasteiger partial charge in [0.05, 0.1) is 31.1 Å². The Morgan fingerprint density at radius 2 is 1.66 bits per heavy atom. The summed E-state index contributed by atoms with van der Waals surface area (Å²) in [4.78, 5) is 36.6. The topological polar surface area (TPSA) is 137 Å². The van der Waals surface area contributed by atoms with Crippen LogP contribution in [0.25, 0.3) is 0 Å². The zero-order chi connectivity index (χ0) is 29.8. The smallest absolute Gasteiger partial charge is 0.329 e. The molecule has 3 N–H and O–H groups in total. The Labute approximate surface area is 251 Å². The van der Waals surface area contributed by atoms with Gasteiger partial charge in [-0.05, 0) is 89.0 Å². The summed E-state index contributed by atoms with van der Waals surface area (Å²) in [6.07, 6.45) is 1.86. The molecule has 11 nitrogen and oxygen atoms in total. The highest BCUT2D eigenvalue weighted by atomic mass is 127. The number of rotatable bonds is 12. The van der Waals surface area contributed by atoms with E-state index in [0.29, 0.717) is 44.2 Å². The summed E-state index contributed by atoms with van der Waals surface area (Å²) < 4.78 is 22.3. The van der Waals surface area contributed by atoms with Crippen LogP contribution in [0.15, 0.2) is 59.7 Å². The van der Waals surface area contributed by atoms with Crippen molar-refractivity contribution in [2.24, 2.45) is 5.10 Å². The van der Waals surface area contributed by atoms with Gasteiger partial charge in [-0.3, -0.25) is 14.4 Å². The maximum atomic E-state index is 12.3. The van der Waals surface area contributed by atoms with E-state index in [2.05, 4.69) is 21.2 Å². The van der Waals surface area contributed by atoms with Gasteiger partial charge < -0.3 is 29.6 Å². The second-order valence-corrected chi connectivity index (χ2v) is 9.80. The summed E-state index contributed by atoms with van der Waals surface area (Å²) >= 11 is 2.05. The van der Waals surface area contributed by atoms with Crippen molar-refractivity contribution in [3.8, 4) is 23.0 Å². The van der Waals surface area contributed by atoms with E-state index in [-0.39, 0.29) is 19.1 Å². The van der Waals surface area contributed by atoms with Gasteiger partial charge in [0.2, 0.25) is 0 Å². The number of hydrogen-bond acceptors (Lipinski definition) is 8. The van der Waals surface area contributed by atoms with Crippen LogP contribution in [0.3, 0.4) is 0 Å². The zero-order valence-electron chi connectivity index (χ0n) is 23.1. The van der Waals surface area contributed by atoms with E-state index in [1.54, 1.807) is 38.5 Å². The van der Waals surface area contributed by atoms with E-state index >= 15 is 0 Å². The van der Waals surface area contributed by atoms with Gasteiger partial charge in [0.25, 0.3) is 5.91 Å². The minimum Gasteiger partial charge on any atom is -0.493 e. The predicted molar refractivity (Wildman–Crippen MR) is 163 cm³/mol. The van der Waals surface area contributed by atoms with Crippen LogP contribution in [-0.4, -0.2) is 58.4 Å². The molecule has 0 unspecified atom stereocenters. The van der Waals surface area contributed by atoms with E-state index in [1.807, 2.05) is 59.8 Å². The van der Waals surface area contributed by atoms with Gasteiger partial charge in [-0.1, -0.05) is 18.2 Å². The molecule has 0 fully saturated rings. The molecule has 0 aliphatic rings. The number of carbonyl (C=O) groups is 3. The Morgan fingerprint density at radius 1 is 0.902 bits per heavy atom. The third-order valence-corrected chi connectivity index (χ3v) is 6.44. The van der Waals surface area contributed by atoms with Crippen LogP contribution >= 0.6 is 22.6 Å². The van der Waals surface area contributed by atoms with E-state index in [1.165, 1.54) is 13.3 Å². The molecular weight excluding hydrogens is 643 g/mol. The Hall–Kier alpha value is -4.33. The highest BCUT2D eigenvalue weighted by Crippen LogP contribution is 2.33. The highest BCUT2D eigenvalue weighted by molar-refractivity contribution is 14.1.